The number of carbonyl (C=O) groups excluding carboxylic acids is 2. The predicted molar refractivity (Wildman–Crippen MR) is 113 cm³/mol. The number of hydrogen-bond donors (Lipinski definition) is 1. The molecule has 6 nitrogen and oxygen atoms in total. The van der Waals surface area contributed by atoms with E-state index in [4.69, 9.17) is 4.42 Å². The van der Waals surface area contributed by atoms with Gasteiger partial charge in [0.2, 0.25) is 5.91 Å². The first-order valence-corrected chi connectivity index (χ1v) is 10.7. The van der Waals surface area contributed by atoms with E-state index in [-0.39, 0.29) is 16.4 Å². The number of para-hydroxylation sites is 2. The van der Waals surface area contributed by atoms with Gasteiger partial charge >= 0.3 is 0 Å². The van der Waals surface area contributed by atoms with Crippen LogP contribution in [0.5, 0.6) is 0 Å². The van der Waals surface area contributed by atoms with Crippen LogP contribution in [0.4, 0.5) is 10.8 Å². The number of rotatable bonds is 7. The molecule has 1 fully saturated rings. The minimum atomic E-state index is -0.323. The molecule has 1 unspecified atom stereocenters. The van der Waals surface area contributed by atoms with E-state index in [0.717, 1.165) is 45.6 Å². The van der Waals surface area contributed by atoms with Crippen molar-refractivity contribution in [1.29, 1.82) is 0 Å². The highest BCUT2D eigenvalue weighted by atomic mass is 32.2. The summed E-state index contributed by atoms with van der Waals surface area (Å²) in [5.41, 5.74) is 2.71. The molecule has 0 bridgehead atoms. The van der Waals surface area contributed by atoms with E-state index in [1.807, 2.05) is 48.3 Å². The Bertz CT molecular complexity index is 970. The minimum absolute atomic E-state index is 0.198. The van der Waals surface area contributed by atoms with Gasteiger partial charge in [-0.25, -0.2) is 0 Å². The molecule has 0 saturated carbocycles. The Hall–Kier alpha value is -2.45. The van der Waals surface area contributed by atoms with Crippen molar-refractivity contribution in [2.24, 2.45) is 0 Å². The van der Waals surface area contributed by atoms with Crippen LogP contribution in [0.2, 0.25) is 0 Å². The lowest BCUT2D eigenvalue weighted by Gasteiger charge is -2.14. The maximum Gasteiger partial charge on any atom is 0.298 e. The fraction of sp³-hybridized carbons (Fsp3) is 0.250. The first kappa shape index (κ1) is 18.9. The zero-order valence-electron chi connectivity index (χ0n) is 15.3. The molecule has 1 atom stereocenters. The summed E-state index contributed by atoms with van der Waals surface area (Å²) in [5.74, 6) is 0.694. The molecule has 1 N–H and O–H groups in total. The summed E-state index contributed by atoms with van der Waals surface area (Å²) in [6, 6.07) is 16.5. The fourth-order valence-electron chi connectivity index (χ4n) is 2.88. The SMILES string of the molecule is CN(CCSc1ccc(CC2SC(=O)NC2=O)cc1)c1nc2ccccc2o1. The number of nitrogens with zero attached hydrogens (tertiary/aromatic N) is 2. The second kappa shape index (κ2) is 8.28. The lowest BCUT2D eigenvalue weighted by atomic mass is 10.1. The van der Waals surface area contributed by atoms with E-state index in [1.54, 1.807) is 11.8 Å². The first-order valence-electron chi connectivity index (χ1n) is 8.88. The smallest absolute Gasteiger partial charge is 0.298 e. The second-order valence-corrected chi connectivity index (χ2v) is 8.81. The number of fused-ring (bicyclic) bond motifs is 1. The normalized spacial score (nSPS) is 16.5. The Morgan fingerprint density at radius 1 is 1.18 bits per heavy atom. The number of amides is 2. The summed E-state index contributed by atoms with van der Waals surface area (Å²) in [5, 5.41) is 1.74. The molecule has 2 amide bonds. The Morgan fingerprint density at radius 3 is 2.68 bits per heavy atom. The Labute approximate surface area is 171 Å². The third-order valence-corrected chi connectivity index (χ3v) is 6.39. The highest BCUT2D eigenvalue weighted by Gasteiger charge is 2.31. The van der Waals surface area contributed by atoms with Crippen LogP contribution < -0.4 is 10.2 Å². The van der Waals surface area contributed by atoms with Crippen molar-refractivity contribution in [3.63, 3.8) is 0 Å². The topological polar surface area (TPSA) is 75.4 Å². The first-order chi connectivity index (χ1) is 13.6. The second-order valence-electron chi connectivity index (χ2n) is 6.47. The van der Waals surface area contributed by atoms with Crippen molar-refractivity contribution >= 4 is 51.8 Å². The summed E-state index contributed by atoms with van der Waals surface area (Å²) < 4.78 is 5.77. The largest absolute Gasteiger partial charge is 0.423 e. The van der Waals surface area contributed by atoms with Crippen molar-refractivity contribution in [3.05, 3.63) is 54.1 Å². The monoisotopic (exact) mass is 413 g/mol. The van der Waals surface area contributed by atoms with Crippen molar-refractivity contribution in [3.8, 4) is 0 Å². The van der Waals surface area contributed by atoms with Gasteiger partial charge in [-0.1, -0.05) is 36.0 Å². The number of carbonyl (C=O) groups is 2. The highest BCUT2D eigenvalue weighted by Crippen LogP contribution is 2.25. The molecule has 0 radical (unpaired) electrons. The Morgan fingerprint density at radius 2 is 1.96 bits per heavy atom. The number of thioether (sulfide) groups is 2. The van der Waals surface area contributed by atoms with E-state index < -0.39 is 0 Å². The molecule has 2 heterocycles. The zero-order chi connectivity index (χ0) is 19.5. The molecule has 1 aromatic heterocycles. The number of aromatic nitrogens is 1. The van der Waals surface area contributed by atoms with Gasteiger partial charge in [-0.2, -0.15) is 4.98 Å². The zero-order valence-corrected chi connectivity index (χ0v) is 16.9. The van der Waals surface area contributed by atoms with Crippen LogP contribution in [-0.4, -0.2) is 40.7 Å². The van der Waals surface area contributed by atoms with E-state index in [0.29, 0.717) is 12.4 Å². The van der Waals surface area contributed by atoms with Crippen molar-refractivity contribution < 1.29 is 14.0 Å². The van der Waals surface area contributed by atoms with Crippen LogP contribution in [0.25, 0.3) is 11.1 Å². The Kier molecular flexibility index (Phi) is 5.59. The molecule has 3 aromatic rings. The van der Waals surface area contributed by atoms with E-state index >= 15 is 0 Å². The lowest BCUT2D eigenvalue weighted by molar-refractivity contribution is -0.118. The molecule has 8 heteroatoms. The van der Waals surface area contributed by atoms with E-state index in [9.17, 15) is 9.59 Å². The molecule has 1 aliphatic rings. The van der Waals surface area contributed by atoms with Gasteiger partial charge in [0.05, 0.1) is 5.25 Å². The molecule has 1 saturated heterocycles. The molecule has 144 valence electrons. The third kappa shape index (κ3) is 4.34. The summed E-state index contributed by atoms with van der Waals surface area (Å²) in [7, 11) is 1.97. The number of hydrogen-bond acceptors (Lipinski definition) is 7. The number of nitrogens with one attached hydrogen (secondary N) is 1. The van der Waals surface area contributed by atoms with Crippen molar-refractivity contribution in [2.45, 2.75) is 16.6 Å². The predicted octanol–water partition coefficient (Wildman–Crippen LogP) is 3.95. The van der Waals surface area contributed by atoms with E-state index in [2.05, 4.69) is 22.4 Å². The number of anilines is 1. The van der Waals surface area contributed by atoms with Gasteiger partial charge in [0.25, 0.3) is 11.3 Å². The van der Waals surface area contributed by atoms with Gasteiger partial charge in [0.1, 0.15) is 5.52 Å². The summed E-state index contributed by atoms with van der Waals surface area (Å²) in [6.45, 7) is 0.806. The van der Waals surface area contributed by atoms with Gasteiger partial charge in [-0.15, -0.1) is 11.8 Å². The highest BCUT2D eigenvalue weighted by molar-refractivity contribution is 8.15. The molecule has 28 heavy (non-hydrogen) atoms. The minimum Gasteiger partial charge on any atom is -0.423 e. The number of benzene rings is 2. The standard InChI is InChI=1S/C20H19N3O3S2/c1-23(19-21-15-4-2-3-5-16(15)26-19)10-11-27-14-8-6-13(7-9-14)12-17-18(24)22-20(25)28-17/h2-9,17H,10-12H2,1H3,(H,22,24,25). The van der Waals surface area contributed by atoms with Gasteiger partial charge in [0.15, 0.2) is 5.58 Å². The molecule has 0 spiro atoms. The van der Waals surface area contributed by atoms with Gasteiger partial charge in [-0.05, 0) is 36.2 Å². The number of imide groups is 1. The van der Waals surface area contributed by atoms with Crippen LogP contribution in [-0.2, 0) is 11.2 Å². The molecule has 2 aromatic carbocycles. The molecule has 1 aliphatic heterocycles. The van der Waals surface area contributed by atoms with Crippen LogP contribution >= 0.6 is 23.5 Å². The average Bonchev–Trinajstić information content (AvgIpc) is 3.26. The van der Waals surface area contributed by atoms with Gasteiger partial charge in [0, 0.05) is 24.2 Å². The lowest BCUT2D eigenvalue weighted by Crippen LogP contribution is -2.25. The van der Waals surface area contributed by atoms with Crippen molar-refractivity contribution in [2.75, 3.05) is 24.2 Å². The summed E-state index contributed by atoms with van der Waals surface area (Å²) in [6.07, 6.45) is 0.563. The van der Waals surface area contributed by atoms with Crippen LogP contribution in [0, 0.1) is 0 Å². The van der Waals surface area contributed by atoms with Crippen LogP contribution in [0.1, 0.15) is 5.56 Å². The third-order valence-electron chi connectivity index (χ3n) is 4.42. The summed E-state index contributed by atoms with van der Waals surface area (Å²) >= 11 is 2.82. The van der Waals surface area contributed by atoms with Crippen LogP contribution in [0.15, 0.2) is 57.8 Å². The van der Waals surface area contributed by atoms with Crippen LogP contribution in [0.3, 0.4) is 0 Å². The molecule has 4 rings (SSSR count). The molecule has 0 aliphatic carbocycles. The molecular formula is C20H19N3O3S2. The quantitative estimate of drug-likeness (QED) is 0.588. The number of oxazole rings is 1. The van der Waals surface area contributed by atoms with Gasteiger partial charge < -0.3 is 9.32 Å². The van der Waals surface area contributed by atoms with Gasteiger partial charge in [-0.3, -0.25) is 14.9 Å². The Balaban J connectivity index is 1.27. The maximum absolute atomic E-state index is 11.7. The summed E-state index contributed by atoms with van der Waals surface area (Å²) in [4.78, 5) is 30.6. The molecular weight excluding hydrogens is 394 g/mol. The average molecular weight is 414 g/mol. The van der Waals surface area contributed by atoms with Crippen molar-refractivity contribution in [1.82, 2.24) is 10.3 Å². The maximum atomic E-state index is 11.7. The van der Waals surface area contributed by atoms with E-state index in [1.165, 1.54) is 0 Å². The fourth-order valence-corrected chi connectivity index (χ4v) is 4.67.